The molecule has 0 saturated heterocycles. The second kappa shape index (κ2) is 6.90. The van der Waals surface area contributed by atoms with Crippen LogP contribution in [0.4, 0.5) is 5.69 Å². The van der Waals surface area contributed by atoms with Gasteiger partial charge < -0.3 is 10.2 Å². The lowest BCUT2D eigenvalue weighted by molar-refractivity contribution is 0.551. The van der Waals surface area contributed by atoms with Gasteiger partial charge in [0.05, 0.1) is 0 Å². The zero-order valence-corrected chi connectivity index (χ0v) is 12.5. The van der Waals surface area contributed by atoms with Gasteiger partial charge in [-0.3, -0.25) is 4.98 Å². The fraction of sp³-hybridized carbons (Fsp3) is 0.688. The van der Waals surface area contributed by atoms with Crippen molar-refractivity contribution < 1.29 is 0 Å². The second-order valence-corrected chi connectivity index (χ2v) is 6.01. The van der Waals surface area contributed by atoms with Crippen molar-refractivity contribution >= 4 is 5.69 Å². The Morgan fingerprint density at radius 1 is 1.42 bits per heavy atom. The Hall–Kier alpha value is -1.09. The Labute approximate surface area is 117 Å². The van der Waals surface area contributed by atoms with E-state index >= 15 is 0 Å². The molecule has 0 aliphatic heterocycles. The molecular formula is C16H27N3. The first-order valence-electron chi connectivity index (χ1n) is 7.59. The molecule has 1 saturated carbocycles. The van der Waals surface area contributed by atoms with Gasteiger partial charge >= 0.3 is 0 Å². The summed E-state index contributed by atoms with van der Waals surface area (Å²) in [7, 11) is 0. The van der Waals surface area contributed by atoms with E-state index < -0.39 is 0 Å². The van der Waals surface area contributed by atoms with Crippen LogP contribution in [0.2, 0.25) is 0 Å². The summed E-state index contributed by atoms with van der Waals surface area (Å²) >= 11 is 0. The summed E-state index contributed by atoms with van der Waals surface area (Å²) in [6, 6.07) is 2.16. The lowest BCUT2D eigenvalue weighted by Gasteiger charge is -2.25. The quantitative estimate of drug-likeness (QED) is 0.779. The summed E-state index contributed by atoms with van der Waals surface area (Å²) in [5.74, 6) is 1.61. The molecule has 0 radical (unpaired) electrons. The highest BCUT2D eigenvalue weighted by Crippen LogP contribution is 2.32. The Balaban J connectivity index is 2.00. The summed E-state index contributed by atoms with van der Waals surface area (Å²) < 4.78 is 0. The Morgan fingerprint density at radius 2 is 2.21 bits per heavy atom. The maximum Gasteiger partial charge on any atom is 0.0442 e. The first kappa shape index (κ1) is 14.3. The summed E-state index contributed by atoms with van der Waals surface area (Å²) in [6.07, 6.45) is 6.74. The van der Waals surface area contributed by atoms with Crippen LogP contribution < -0.4 is 10.2 Å². The second-order valence-electron chi connectivity index (χ2n) is 6.01. The SMILES string of the molecule is CCN(CC1CC1)c1ccncc1CNCC(C)C. The number of nitrogens with zero attached hydrogens (tertiary/aromatic N) is 2. The van der Waals surface area contributed by atoms with Gasteiger partial charge in [0, 0.05) is 43.3 Å². The molecule has 1 aliphatic carbocycles. The average Bonchev–Trinajstić information content (AvgIpc) is 3.20. The van der Waals surface area contributed by atoms with E-state index in [1.54, 1.807) is 0 Å². The van der Waals surface area contributed by atoms with Gasteiger partial charge in [-0.2, -0.15) is 0 Å². The molecule has 0 bridgehead atoms. The third-order valence-electron chi connectivity index (χ3n) is 3.64. The first-order chi connectivity index (χ1) is 9.20. The minimum atomic E-state index is 0.689. The van der Waals surface area contributed by atoms with Crippen molar-refractivity contribution in [2.24, 2.45) is 11.8 Å². The number of anilines is 1. The van der Waals surface area contributed by atoms with Gasteiger partial charge in [-0.1, -0.05) is 13.8 Å². The Kier molecular flexibility index (Phi) is 5.20. The number of nitrogens with one attached hydrogen (secondary N) is 1. The lowest BCUT2D eigenvalue weighted by Crippen LogP contribution is -2.28. The van der Waals surface area contributed by atoms with E-state index in [4.69, 9.17) is 0 Å². The fourth-order valence-electron chi connectivity index (χ4n) is 2.37. The van der Waals surface area contributed by atoms with Gasteiger partial charge in [0.25, 0.3) is 0 Å². The molecule has 0 atom stereocenters. The predicted molar refractivity (Wildman–Crippen MR) is 81.4 cm³/mol. The Morgan fingerprint density at radius 3 is 2.84 bits per heavy atom. The van der Waals surface area contributed by atoms with Crippen LogP contribution in [0.1, 0.15) is 39.2 Å². The minimum absolute atomic E-state index is 0.689. The van der Waals surface area contributed by atoms with Crippen molar-refractivity contribution in [3.63, 3.8) is 0 Å². The monoisotopic (exact) mass is 261 g/mol. The van der Waals surface area contributed by atoms with Crippen molar-refractivity contribution in [1.82, 2.24) is 10.3 Å². The first-order valence-corrected chi connectivity index (χ1v) is 7.59. The van der Waals surface area contributed by atoms with Crippen LogP contribution in [0.25, 0.3) is 0 Å². The molecule has 0 unspecified atom stereocenters. The molecule has 1 N–H and O–H groups in total. The van der Waals surface area contributed by atoms with E-state index in [9.17, 15) is 0 Å². The third-order valence-corrected chi connectivity index (χ3v) is 3.64. The summed E-state index contributed by atoms with van der Waals surface area (Å²) in [5, 5.41) is 3.52. The van der Waals surface area contributed by atoms with E-state index in [0.29, 0.717) is 5.92 Å². The van der Waals surface area contributed by atoms with E-state index in [1.807, 2.05) is 12.4 Å². The molecule has 0 amide bonds. The van der Waals surface area contributed by atoms with Crippen LogP contribution >= 0.6 is 0 Å². The summed E-state index contributed by atoms with van der Waals surface area (Å²) in [5.41, 5.74) is 2.69. The van der Waals surface area contributed by atoms with Gasteiger partial charge in [-0.05, 0) is 44.2 Å². The number of rotatable bonds is 8. The van der Waals surface area contributed by atoms with E-state index in [1.165, 1.54) is 30.6 Å². The number of pyridine rings is 1. The van der Waals surface area contributed by atoms with Crippen LogP contribution in [0.15, 0.2) is 18.5 Å². The van der Waals surface area contributed by atoms with Crippen LogP contribution in [-0.2, 0) is 6.54 Å². The molecule has 2 rings (SSSR count). The predicted octanol–water partition coefficient (Wildman–Crippen LogP) is 3.06. The Bertz CT molecular complexity index is 385. The van der Waals surface area contributed by atoms with Gasteiger partial charge in [0.15, 0.2) is 0 Å². The van der Waals surface area contributed by atoms with Crippen LogP contribution in [0, 0.1) is 11.8 Å². The smallest absolute Gasteiger partial charge is 0.0442 e. The van der Waals surface area contributed by atoms with Gasteiger partial charge in [-0.15, -0.1) is 0 Å². The molecule has 19 heavy (non-hydrogen) atoms. The maximum atomic E-state index is 4.29. The lowest BCUT2D eigenvalue weighted by atomic mass is 10.1. The molecule has 1 aromatic rings. The van der Waals surface area contributed by atoms with E-state index in [2.05, 4.69) is 42.0 Å². The molecule has 1 fully saturated rings. The van der Waals surface area contributed by atoms with Crippen molar-refractivity contribution in [3.05, 3.63) is 24.0 Å². The molecule has 1 aliphatic rings. The van der Waals surface area contributed by atoms with Gasteiger partial charge in [0.2, 0.25) is 0 Å². The zero-order valence-electron chi connectivity index (χ0n) is 12.5. The highest BCUT2D eigenvalue weighted by molar-refractivity contribution is 5.52. The highest BCUT2D eigenvalue weighted by atomic mass is 15.1. The van der Waals surface area contributed by atoms with Crippen LogP contribution in [0.5, 0.6) is 0 Å². The van der Waals surface area contributed by atoms with Crippen molar-refractivity contribution in [2.45, 2.75) is 40.2 Å². The van der Waals surface area contributed by atoms with E-state index in [-0.39, 0.29) is 0 Å². The maximum absolute atomic E-state index is 4.29. The van der Waals surface area contributed by atoms with Gasteiger partial charge in [0.1, 0.15) is 0 Å². The third kappa shape index (κ3) is 4.50. The molecule has 0 aromatic carbocycles. The summed E-state index contributed by atoms with van der Waals surface area (Å²) in [4.78, 5) is 6.79. The molecular weight excluding hydrogens is 234 g/mol. The van der Waals surface area contributed by atoms with Crippen LogP contribution in [-0.4, -0.2) is 24.6 Å². The molecule has 0 spiro atoms. The van der Waals surface area contributed by atoms with Gasteiger partial charge in [-0.25, -0.2) is 0 Å². The number of hydrogen-bond donors (Lipinski definition) is 1. The van der Waals surface area contributed by atoms with Crippen LogP contribution in [0.3, 0.4) is 0 Å². The topological polar surface area (TPSA) is 28.2 Å². The van der Waals surface area contributed by atoms with Crippen molar-refractivity contribution in [1.29, 1.82) is 0 Å². The largest absolute Gasteiger partial charge is 0.371 e. The molecule has 3 nitrogen and oxygen atoms in total. The zero-order chi connectivity index (χ0) is 13.7. The normalized spacial score (nSPS) is 14.9. The average molecular weight is 261 g/mol. The number of hydrogen-bond acceptors (Lipinski definition) is 3. The molecule has 1 aromatic heterocycles. The number of aromatic nitrogens is 1. The minimum Gasteiger partial charge on any atom is -0.371 e. The standard InChI is InChI=1S/C16H27N3/c1-4-19(12-14-5-6-14)16-7-8-17-10-15(16)11-18-9-13(2)3/h7-8,10,13-14,18H,4-6,9,11-12H2,1-3H3. The molecule has 1 heterocycles. The van der Waals surface area contributed by atoms with Crippen molar-refractivity contribution in [3.8, 4) is 0 Å². The van der Waals surface area contributed by atoms with E-state index in [0.717, 1.165) is 25.6 Å². The summed E-state index contributed by atoms with van der Waals surface area (Å²) in [6.45, 7) is 11.0. The molecule has 3 heteroatoms. The highest BCUT2D eigenvalue weighted by Gasteiger charge is 2.24. The van der Waals surface area contributed by atoms with Crippen molar-refractivity contribution in [2.75, 3.05) is 24.5 Å². The fourth-order valence-corrected chi connectivity index (χ4v) is 2.37. The molecule has 106 valence electrons.